The van der Waals surface area contributed by atoms with E-state index in [-0.39, 0.29) is 58.3 Å². The Kier molecular flexibility index (Phi) is 12.5. The van der Waals surface area contributed by atoms with E-state index in [0.29, 0.717) is 54.7 Å². The molecule has 0 bridgehead atoms. The van der Waals surface area contributed by atoms with Crippen LogP contribution in [0, 0.1) is 21.4 Å². The Labute approximate surface area is 407 Å². The molecule has 5 aliphatic rings. The third-order valence-corrected chi connectivity index (χ3v) is 17.0. The molecule has 2 saturated heterocycles. The lowest BCUT2D eigenvalue weighted by molar-refractivity contribution is -0.384. The summed E-state index contributed by atoms with van der Waals surface area (Å²) in [7, 11) is -4.74. The summed E-state index contributed by atoms with van der Waals surface area (Å²) in [5.41, 5.74) is 3.07. The molecule has 2 atom stereocenters. The second-order valence-corrected chi connectivity index (χ2v) is 22.5. The number of ether oxygens (including phenoxy) is 2. The number of likely N-dealkylation sites (tertiary alicyclic amines) is 1. The first-order valence-electron chi connectivity index (χ1n) is 24.6. The van der Waals surface area contributed by atoms with Crippen LogP contribution in [0.4, 0.5) is 22.9 Å². The molecule has 1 spiro atoms. The molecule has 10 rings (SSSR count). The number of H-pyrrole nitrogens is 1. The summed E-state index contributed by atoms with van der Waals surface area (Å²) in [6.45, 7) is 10.5. The fourth-order valence-electron chi connectivity index (χ4n) is 11.8. The zero-order chi connectivity index (χ0) is 49.1. The molecule has 5 N–H and O–H groups in total. The maximum atomic E-state index is 14.3. The van der Waals surface area contributed by atoms with Crippen molar-refractivity contribution in [3.05, 3.63) is 99.7 Å². The summed E-state index contributed by atoms with van der Waals surface area (Å²) < 4.78 is 42.8. The standard InChI is InChI=1S/C52H62N8O9S/c1-31(2)38-8-5-6-9-39(38)42-10-7-21-59(42)36-28-52(29-36)18-22-58(23-19-52)35-11-12-40(44(25-35)69-46-24-34-15-20-53-48(34)56-49(46)54-32(3)61)50(62)57-70(66,67)37-26-43(60(64)65)47-45(27-37)68-30-41(55-47)33-13-16-51(4,63)17-14-33/h5-6,8-9,11-12,15,20,24-27,31,33,36,41-42,55,63H,7,10,13-14,16-19,21-23,28-30H2,1-4H3,(H,57,62)(H2,53,54,56,61)/t33-,41-,42-,51-/m1/s1. The molecule has 2 aromatic heterocycles. The van der Waals surface area contributed by atoms with Crippen LogP contribution in [0.1, 0.15) is 125 Å². The summed E-state index contributed by atoms with van der Waals surface area (Å²) in [6, 6.07) is 20.2. The van der Waals surface area contributed by atoms with Crippen LogP contribution in [-0.4, -0.2) is 89.1 Å². The van der Waals surface area contributed by atoms with Crippen molar-refractivity contribution in [1.29, 1.82) is 0 Å². The largest absolute Gasteiger partial charge is 0.489 e. The van der Waals surface area contributed by atoms with Crippen molar-refractivity contribution in [3.63, 3.8) is 0 Å². The molecular weight excluding hydrogens is 913 g/mol. The monoisotopic (exact) mass is 974 g/mol. The number of nitro groups is 1. The third-order valence-electron chi connectivity index (χ3n) is 15.7. The summed E-state index contributed by atoms with van der Waals surface area (Å²) >= 11 is 0. The average molecular weight is 975 g/mol. The topological polar surface area (TPSA) is 221 Å². The number of carbonyl (C=O) groups excluding carboxylic acids is 2. The van der Waals surface area contributed by atoms with Crippen LogP contribution in [0.2, 0.25) is 0 Å². The van der Waals surface area contributed by atoms with Crippen LogP contribution < -0.4 is 29.7 Å². The van der Waals surface area contributed by atoms with Crippen molar-refractivity contribution in [2.24, 2.45) is 11.3 Å². The second-order valence-electron chi connectivity index (χ2n) is 20.8. The van der Waals surface area contributed by atoms with Crippen LogP contribution in [0.3, 0.4) is 0 Å². The molecule has 2 amide bonds. The number of rotatable bonds is 12. The number of benzene rings is 3. The van der Waals surface area contributed by atoms with E-state index in [1.165, 1.54) is 43.0 Å². The number of carbonyl (C=O) groups is 2. The minimum absolute atomic E-state index is 0.0125. The Morgan fingerprint density at radius 3 is 2.47 bits per heavy atom. The van der Waals surface area contributed by atoms with Gasteiger partial charge in [-0.3, -0.25) is 24.6 Å². The summed E-state index contributed by atoms with van der Waals surface area (Å²) in [5.74, 6) is -0.690. The maximum Gasteiger partial charge on any atom is 0.297 e. The van der Waals surface area contributed by atoms with Crippen molar-refractivity contribution < 1.29 is 37.5 Å². The molecule has 2 saturated carbocycles. The number of hydrogen-bond donors (Lipinski definition) is 5. The zero-order valence-electron chi connectivity index (χ0n) is 40.1. The number of piperidine rings is 1. The van der Waals surface area contributed by atoms with Gasteiger partial charge in [0, 0.05) is 67.6 Å². The molecule has 70 heavy (non-hydrogen) atoms. The molecule has 0 unspecified atom stereocenters. The van der Waals surface area contributed by atoms with Crippen LogP contribution in [0.25, 0.3) is 11.0 Å². The predicted molar refractivity (Wildman–Crippen MR) is 266 cm³/mol. The molecule has 3 aliphatic heterocycles. The number of hydrogen-bond acceptors (Lipinski definition) is 13. The zero-order valence-corrected chi connectivity index (χ0v) is 40.9. The number of nitro benzene ring substituents is 1. The Morgan fingerprint density at radius 1 is 0.986 bits per heavy atom. The molecule has 5 heterocycles. The van der Waals surface area contributed by atoms with E-state index in [0.717, 1.165) is 57.1 Å². The van der Waals surface area contributed by atoms with Gasteiger partial charge in [0.05, 0.1) is 27.0 Å². The fourth-order valence-corrected chi connectivity index (χ4v) is 12.8. The summed E-state index contributed by atoms with van der Waals surface area (Å²) in [5, 5.41) is 29.5. The van der Waals surface area contributed by atoms with Gasteiger partial charge >= 0.3 is 0 Å². The summed E-state index contributed by atoms with van der Waals surface area (Å²) in [6.07, 6.45) is 11.0. The first kappa shape index (κ1) is 47.4. The lowest BCUT2D eigenvalue weighted by Gasteiger charge is -2.56. The van der Waals surface area contributed by atoms with Crippen molar-refractivity contribution in [3.8, 4) is 17.2 Å². The van der Waals surface area contributed by atoms with Gasteiger partial charge in [-0.1, -0.05) is 38.1 Å². The number of anilines is 3. The van der Waals surface area contributed by atoms with Gasteiger partial charge in [0.2, 0.25) is 5.91 Å². The molecule has 17 nitrogen and oxygen atoms in total. The van der Waals surface area contributed by atoms with Crippen LogP contribution in [0.15, 0.2) is 77.8 Å². The van der Waals surface area contributed by atoms with Crippen LogP contribution in [-0.2, 0) is 14.8 Å². The Hall–Kier alpha value is -6.24. The highest BCUT2D eigenvalue weighted by Crippen LogP contribution is 2.54. The van der Waals surface area contributed by atoms with E-state index < -0.39 is 42.9 Å². The first-order valence-corrected chi connectivity index (χ1v) is 26.1. The average Bonchev–Trinajstić information content (AvgIpc) is 4.00. The number of fused-ring (bicyclic) bond motifs is 2. The number of nitrogens with one attached hydrogen (secondary N) is 4. The highest BCUT2D eigenvalue weighted by molar-refractivity contribution is 7.90. The number of aromatic amines is 1. The minimum Gasteiger partial charge on any atom is -0.489 e. The SMILES string of the molecule is CC(=O)Nc1nc2[nH]ccc2cc1Oc1cc(N2CCC3(CC2)CC(N2CCC[C@@H]2c2ccccc2C(C)C)C3)ccc1C(=O)NS(=O)(=O)c1cc2c(c([N+](=O)[O-])c1)N[C@@H]([C@H]1CC[C@](C)(O)CC1)CO2. The molecule has 4 fully saturated rings. The number of aliphatic hydroxyl groups is 1. The van der Waals surface area contributed by atoms with Gasteiger partial charge < -0.3 is 35.1 Å². The normalized spacial score (nSPS) is 23.6. The minimum atomic E-state index is -4.74. The third kappa shape index (κ3) is 9.40. The van der Waals surface area contributed by atoms with E-state index in [1.54, 1.807) is 37.4 Å². The Balaban J connectivity index is 0.889. The van der Waals surface area contributed by atoms with Gasteiger partial charge in [-0.2, -0.15) is 0 Å². The Bertz CT molecular complexity index is 2950. The molecule has 18 heteroatoms. The summed E-state index contributed by atoms with van der Waals surface area (Å²) in [4.78, 5) is 50.5. The number of sulfonamides is 1. The van der Waals surface area contributed by atoms with E-state index in [4.69, 9.17) is 9.47 Å². The number of pyridine rings is 1. The quantitative estimate of drug-likeness (QED) is 0.0582. The number of aromatic nitrogens is 2. The van der Waals surface area contributed by atoms with Gasteiger partial charge in [0.15, 0.2) is 23.0 Å². The van der Waals surface area contributed by atoms with Gasteiger partial charge in [-0.05, 0) is 130 Å². The van der Waals surface area contributed by atoms with Gasteiger partial charge in [0.1, 0.15) is 18.0 Å². The number of nitrogens with zero attached hydrogens (tertiary/aromatic N) is 4. The van der Waals surface area contributed by atoms with Crippen LogP contribution in [0.5, 0.6) is 17.2 Å². The predicted octanol–water partition coefficient (Wildman–Crippen LogP) is 9.16. The van der Waals surface area contributed by atoms with Crippen molar-refractivity contribution >= 4 is 55.8 Å². The van der Waals surface area contributed by atoms with E-state index in [1.807, 2.05) is 0 Å². The van der Waals surface area contributed by atoms with Gasteiger partial charge in [-0.25, -0.2) is 18.1 Å². The molecule has 2 aliphatic carbocycles. The van der Waals surface area contributed by atoms with Crippen LogP contribution >= 0.6 is 0 Å². The van der Waals surface area contributed by atoms with Crippen molar-refractivity contribution in [2.45, 2.75) is 126 Å². The highest BCUT2D eigenvalue weighted by Gasteiger charge is 2.50. The lowest BCUT2D eigenvalue weighted by atomic mass is 9.59. The highest BCUT2D eigenvalue weighted by atomic mass is 32.2. The second kappa shape index (κ2) is 18.5. The first-order chi connectivity index (χ1) is 33.4. The maximum absolute atomic E-state index is 14.3. The van der Waals surface area contributed by atoms with E-state index in [2.05, 4.69) is 73.2 Å². The Morgan fingerprint density at radius 2 is 1.74 bits per heavy atom. The lowest BCUT2D eigenvalue weighted by Crippen LogP contribution is -2.54. The van der Waals surface area contributed by atoms with Crippen molar-refractivity contribution in [2.75, 3.05) is 41.8 Å². The van der Waals surface area contributed by atoms with E-state index >= 15 is 0 Å². The van der Waals surface area contributed by atoms with E-state index in [9.17, 15) is 33.2 Å². The number of amides is 2. The molecule has 0 radical (unpaired) electrons. The van der Waals surface area contributed by atoms with Gasteiger partial charge in [0.25, 0.3) is 21.6 Å². The van der Waals surface area contributed by atoms with Crippen molar-refractivity contribution in [1.82, 2.24) is 19.6 Å². The fraction of sp³-hybridized carbons (Fsp3) is 0.481. The van der Waals surface area contributed by atoms with Gasteiger partial charge in [-0.15, -0.1) is 0 Å². The molecule has 370 valence electrons. The molecular formula is C52H62N8O9S. The smallest absolute Gasteiger partial charge is 0.297 e. The molecule has 5 aromatic rings. The molecule has 3 aromatic carbocycles.